The maximum absolute atomic E-state index is 12.3. The van der Waals surface area contributed by atoms with Crippen molar-refractivity contribution in [3.05, 3.63) is 11.6 Å². The first-order chi connectivity index (χ1) is 10.6. The minimum absolute atomic E-state index is 0.0834. The van der Waals surface area contributed by atoms with Gasteiger partial charge >= 0.3 is 0 Å². The van der Waals surface area contributed by atoms with Gasteiger partial charge in [-0.25, -0.2) is 23.4 Å². The van der Waals surface area contributed by atoms with Crippen LogP contribution in [0.3, 0.4) is 0 Å². The molecule has 1 aliphatic rings. The van der Waals surface area contributed by atoms with Crippen LogP contribution in [0.25, 0.3) is 0 Å². The van der Waals surface area contributed by atoms with E-state index in [0.717, 1.165) is 18.7 Å². The molecule has 0 aromatic carbocycles. The molecular weight excluding hydrogens is 294 g/mol. The number of aryl methyl sites for hydroxylation is 1. The van der Waals surface area contributed by atoms with Crippen molar-refractivity contribution in [2.45, 2.75) is 45.4 Å². The summed E-state index contributed by atoms with van der Waals surface area (Å²) >= 11 is 0. The highest BCUT2D eigenvalue weighted by Gasteiger charge is 2.22. The number of nitrogens with zero attached hydrogens (tertiary/aromatic N) is 4. The van der Waals surface area contributed by atoms with Crippen molar-refractivity contribution >= 4 is 5.96 Å². The summed E-state index contributed by atoms with van der Waals surface area (Å²) in [5, 5.41) is 10.5. The second kappa shape index (κ2) is 8.02. The Labute approximate surface area is 128 Å². The van der Waals surface area contributed by atoms with Crippen molar-refractivity contribution in [3.63, 3.8) is 0 Å². The van der Waals surface area contributed by atoms with Gasteiger partial charge in [-0.3, -0.25) is 0 Å². The van der Waals surface area contributed by atoms with Gasteiger partial charge < -0.3 is 15.4 Å². The van der Waals surface area contributed by atoms with Gasteiger partial charge in [-0.15, -0.1) is 0 Å². The normalized spacial score (nSPS) is 18.4. The Bertz CT molecular complexity index is 505. The van der Waals surface area contributed by atoms with Crippen molar-refractivity contribution in [1.82, 2.24) is 25.4 Å². The summed E-state index contributed by atoms with van der Waals surface area (Å²) in [5.41, 5.74) is 0. The zero-order chi connectivity index (χ0) is 15.9. The van der Waals surface area contributed by atoms with Gasteiger partial charge in [0.05, 0.1) is 6.54 Å². The molecule has 124 valence electrons. The molecule has 7 nitrogen and oxygen atoms in total. The van der Waals surface area contributed by atoms with E-state index in [1.165, 1.54) is 0 Å². The molecule has 1 aromatic rings. The average molecular weight is 316 g/mol. The lowest BCUT2D eigenvalue weighted by Crippen LogP contribution is -2.47. The minimum Gasteiger partial charge on any atom is -0.377 e. The van der Waals surface area contributed by atoms with Crippen LogP contribution in [-0.2, 0) is 24.3 Å². The maximum atomic E-state index is 12.3. The van der Waals surface area contributed by atoms with Crippen LogP contribution < -0.4 is 10.6 Å². The van der Waals surface area contributed by atoms with Crippen molar-refractivity contribution < 1.29 is 13.5 Å². The molecule has 2 heterocycles. The molecule has 0 amide bonds. The maximum Gasteiger partial charge on any atom is 0.257 e. The molecule has 9 heteroatoms. The third-order valence-electron chi connectivity index (χ3n) is 3.25. The standard InChI is InChI=1S/C13H22F2N6O/c1-3-16-13(17-6-10(14)15)18-9-4-5-12-19-11(8-22-2)20-21(12)7-9/h9-10H,3-8H2,1-2H3,(H2,16,17,18). The Morgan fingerprint density at radius 2 is 2.36 bits per heavy atom. The Morgan fingerprint density at radius 1 is 1.55 bits per heavy atom. The second-order valence-corrected chi connectivity index (χ2v) is 5.05. The van der Waals surface area contributed by atoms with Gasteiger partial charge in [-0.05, 0) is 13.3 Å². The van der Waals surface area contributed by atoms with Gasteiger partial charge in [-0.1, -0.05) is 0 Å². The number of hydrogen-bond acceptors (Lipinski definition) is 4. The Hall–Kier alpha value is -1.77. The van der Waals surface area contributed by atoms with Gasteiger partial charge in [0.15, 0.2) is 11.8 Å². The van der Waals surface area contributed by atoms with Crippen LogP contribution in [0.1, 0.15) is 25.0 Å². The first-order valence-corrected chi connectivity index (χ1v) is 7.37. The van der Waals surface area contributed by atoms with Crippen LogP contribution in [0.15, 0.2) is 4.99 Å². The predicted molar refractivity (Wildman–Crippen MR) is 78.0 cm³/mol. The van der Waals surface area contributed by atoms with E-state index in [-0.39, 0.29) is 6.04 Å². The van der Waals surface area contributed by atoms with Gasteiger partial charge in [-0.2, -0.15) is 5.10 Å². The monoisotopic (exact) mass is 316 g/mol. The molecule has 0 radical (unpaired) electrons. The first-order valence-electron chi connectivity index (χ1n) is 7.37. The molecule has 0 spiro atoms. The highest BCUT2D eigenvalue weighted by molar-refractivity contribution is 5.80. The summed E-state index contributed by atoms with van der Waals surface area (Å²) in [7, 11) is 1.60. The summed E-state index contributed by atoms with van der Waals surface area (Å²) < 4.78 is 31.4. The van der Waals surface area contributed by atoms with E-state index in [1.54, 1.807) is 7.11 Å². The number of fused-ring (bicyclic) bond motifs is 1. The Kier molecular flexibility index (Phi) is 6.05. The molecule has 0 saturated carbocycles. The number of nitrogens with one attached hydrogen (secondary N) is 2. The number of aliphatic imine (C=N–C) groups is 1. The number of guanidine groups is 1. The molecule has 1 atom stereocenters. The third kappa shape index (κ3) is 4.62. The topological polar surface area (TPSA) is 76.4 Å². The number of alkyl halides is 2. The van der Waals surface area contributed by atoms with Gasteiger partial charge in [0, 0.05) is 26.1 Å². The number of aromatic nitrogens is 3. The summed E-state index contributed by atoms with van der Waals surface area (Å²) in [6, 6.07) is 0.0834. The average Bonchev–Trinajstić information content (AvgIpc) is 2.87. The van der Waals surface area contributed by atoms with E-state index in [4.69, 9.17) is 4.74 Å². The molecule has 0 fully saturated rings. The first kappa shape index (κ1) is 16.6. The van der Waals surface area contributed by atoms with E-state index < -0.39 is 13.0 Å². The molecular formula is C13H22F2N6O. The van der Waals surface area contributed by atoms with Crippen molar-refractivity contribution in [2.24, 2.45) is 4.99 Å². The van der Waals surface area contributed by atoms with Gasteiger partial charge in [0.2, 0.25) is 0 Å². The lowest BCUT2D eigenvalue weighted by atomic mass is 10.1. The van der Waals surface area contributed by atoms with Crippen LogP contribution in [0.5, 0.6) is 0 Å². The summed E-state index contributed by atoms with van der Waals surface area (Å²) in [6.07, 6.45) is -0.812. The fourth-order valence-corrected chi connectivity index (χ4v) is 2.34. The fraction of sp³-hybridized carbons (Fsp3) is 0.769. The molecule has 2 N–H and O–H groups in total. The Balaban J connectivity index is 1.96. The lowest BCUT2D eigenvalue weighted by Gasteiger charge is -2.25. The molecule has 0 bridgehead atoms. The number of rotatable bonds is 6. The van der Waals surface area contributed by atoms with Crippen LogP contribution in [0.2, 0.25) is 0 Å². The third-order valence-corrected chi connectivity index (χ3v) is 3.25. The van der Waals surface area contributed by atoms with E-state index in [0.29, 0.717) is 31.5 Å². The van der Waals surface area contributed by atoms with E-state index in [9.17, 15) is 8.78 Å². The number of halogens is 2. The molecule has 1 unspecified atom stereocenters. The zero-order valence-corrected chi connectivity index (χ0v) is 12.9. The Morgan fingerprint density at radius 3 is 3.05 bits per heavy atom. The SMILES string of the molecule is CCNC(=NCC(F)F)NC1CCc2nc(COC)nn2C1. The number of methoxy groups -OCH3 is 1. The van der Waals surface area contributed by atoms with Gasteiger partial charge in [0.25, 0.3) is 6.43 Å². The highest BCUT2D eigenvalue weighted by atomic mass is 19.3. The molecule has 0 aliphatic carbocycles. The molecule has 1 aliphatic heterocycles. The summed E-state index contributed by atoms with van der Waals surface area (Å²) in [6.45, 7) is 3.03. The van der Waals surface area contributed by atoms with Crippen molar-refractivity contribution in [3.8, 4) is 0 Å². The van der Waals surface area contributed by atoms with Crippen LogP contribution >= 0.6 is 0 Å². The highest BCUT2D eigenvalue weighted by Crippen LogP contribution is 2.13. The molecule has 2 rings (SSSR count). The van der Waals surface area contributed by atoms with Crippen LogP contribution in [0.4, 0.5) is 8.78 Å². The molecule has 22 heavy (non-hydrogen) atoms. The molecule has 0 saturated heterocycles. The van der Waals surface area contributed by atoms with Gasteiger partial charge in [0.1, 0.15) is 19.0 Å². The van der Waals surface area contributed by atoms with Crippen LogP contribution in [0, 0.1) is 0 Å². The summed E-state index contributed by atoms with van der Waals surface area (Å²) in [5.74, 6) is 2.00. The minimum atomic E-state index is -2.44. The largest absolute Gasteiger partial charge is 0.377 e. The second-order valence-electron chi connectivity index (χ2n) is 5.05. The van der Waals surface area contributed by atoms with E-state index in [1.807, 2.05) is 11.6 Å². The quantitative estimate of drug-likeness (QED) is 0.592. The fourth-order valence-electron chi connectivity index (χ4n) is 2.34. The number of ether oxygens (including phenoxy) is 1. The van der Waals surface area contributed by atoms with E-state index >= 15 is 0 Å². The van der Waals surface area contributed by atoms with Crippen LogP contribution in [-0.4, -0.2) is 53.4 Å². The lowest BCUT2D eigenvalue weighted by molar-refractivity contribution is 0.158. The van der Waals surface area contributed by atoms with E-state index in [2.05, 4.69) is 25.7 Å². The van der Waals surface area contributed by atoms with Crippen molar-refractivity contribution in [1.29, 1.82) is 0 Å². The summed E-state index contributed by atoms with van der Waals surface area (Å²) in [4.78, 5) is 8.28. The number of hydrogen-bond donors (Lipinski definition) is 2. The molecule has 1 aromatic heterocycles. The van der Waals surface area contributed by atoms with Crippen molar-refractivity contribution in [2.75, 3.05) is 20.2 Å². The predicted octanol–water partition coefficient (Wildman–Crippen LogP) is 0.559. The smallest absolute Gasteiger partial charge is 0.257 e. The zero-order valence-electron chi connectivity index (χ0n) is 12.9.